The lowest BCUT2D eigenvalue weighted by Gasteiger charge is -2.29. The molecule has 5 heteroatoms. The number of aliphatic carboxylic acids is 1. The van der Waals surface area contributed by atoms with Crippen molar-refractivity contribution in [1.29, 1.82) is 0 Å². The number of ether oxygens (including phenoxy) is 1. The Morgan fingerprint density at radius 2 is 2.06 bits per heavy atom. The summed E-state index contributed by atoms with van der Waals surface area (Å²) in [5.41, 5.74) is 1.34. The Balaban J connectivity index is 2.14. The Bertz CT molecular complexity index is 413. The normalized spacial score (nSPS) is 15.9. The second kappa shape index (κ2) is 5.05. The van der Waals surface area contributed by atoms with Crippen molar-refractivity contribution < 1.29 is 19.7 Å². The molecule has 0 unspecified atom stereocenters. The van der Waals surface area contributed by atoms with Crippen molar-refractivity contribution >= 4 is 11.7 Å². The average Bonchev–Trinajstić information content (AvgIpc) is 2.32. The molecule has 1 saturated heterocycles. The number of hydrogen-bond donors (Lipinski definition) is 2. The third kappa shape index (κ3) is 2.88. The van der Waals surface area contributed by atoms with E-state index in [-0.39, 0.29) is 12.2 Å². The summed E-state index contributed by atoms with van der Waals surface area (Å²) in [5, 5.41) is 18.4. The lowest BCUT2D eigenvalue weighted by atomic mass is 10.1. The first-order valence-electron chi connectivity index (χ1n) is 5.53. The maximum Gasteiger partial charge on any atom is 0.307 e. The minimum atomic E-state index is -0.945. The summed E-state index contributed by atoms with van der Waals surface area (Å²) in [6.45, 7) is 2.94. The SMILES string of the molecule is O=C(O)Cc1ccc(N2CCOCC2)cc1O. The molecule has 2 rings (SSSR count). The number of carboxylic acid groups (broad SMARTS) is 1. The van der Waals surface area contributed by atoms with Crippen molar-refractivity contribution in [3.63, 3.8) is 0 Å². The Labute approximate surface area is 99.2 Å². The second-order valence-corrected chi connectivity index (χ2v) is 3.98. The smallest absolute Gasteiger partial charge is 0.307 e. The van der Waals surface area contributed by atoms with Gasteiger partial charge in [-0.3, -0.25) is 4.79 Å². The lowest BCUT2D eigenvalue weighted by Crippen LogP contribution is -2.36. The van der Waals surface area contributed by atoms with E-state index in [1.165, 1.54) is 0 Å². The van der Waals surface area contributed by atoms with Crippen molar-refractivity contribution in [2.75, 3.05) is 31.2 Å². The molecule has 1 aliphatic heterocycles. The van der Waals surface area contributed by atoms with Gasteiger partial charge in [0.25, 0.3) is 0 Å². The molecule has 1 fully saturated rings. The molecule has 1 aliphatic rings. The van der Waals surface area contributed by atoms with Gasteiger partial charge in [0, 0.05) is 30.4 Å². The van der Waals surface area contributed by atoms with Gasteiger partial charge in [0.15, 0.2) is 0 Å². The molecular formula is C12H15NO4. The predicted octanol–water partition coefficient (Wildman–Crippen LogP) is 0.856. The summed E-state index contributed by atoms with van der Waals surface area (Å²) < 4.78 is 5.25. The summed E-state index contributed by atoms with van der Waals surface area (Å²) >= 11 is 0. The van der Waals surface area contributed by atoms with Crippen molar-refractivity contribution in [1.82, 2.24) is 0 Å². The first-order valence-corrected chi connectivity index (χ1v) is 5.53. The summed E-state index contributed by atoms with van der Waals surface area (Å²) in [6, 6.07) is 5.11. The number of aromatic hydroxyl groups is 1. The van der Waals surface area contributed by atoms with Crippen LogP contribution in [0, 0.1) is 0 Å². The minimum absolute atomic E-state index is 0.0383. The zero-order valence-corrected chi connectivity index (χ0v) is 9.43. The van der Waals surface area contributed by atoms with Crippen molar-refractivity contribution in [3.8, 4) is 5.75 Å². The highest BCUT2D eigenvalue weighted by molar-refractivity contribution is 5.72. The number of carbonyl (C=O) groups is 1. The van der Waals surface area contributed by atoms with E-state index in [4.69, 9.17) is 9.84 Å². The number of anilines is 1. The molecule has 0 aliphatic carbocycles. The van der Waals surface area contributed by atoms with E-state index in [1.807, 2.05) is 6.07 Å². The van der Waals surface area contributed by atoms with Gasteiger partial charge in [0.2, 0.25) is 0 Å². The third-order valence-electron chi connectivity index (χ3n) is 2.79. The van der Waals surface area contributed by atoms with Gasteiger partial charge in [0.1, 0.15) is 5.75 Å². The number of morpholine rings is 1. The number of carboxylic acids is 1. The van der Waals surface area contributed by atoms with Gasteiger partial charge in [-0.15, -0.1) is 0 Å². The molecule has 17 heavy (non-hydrogen) atoms. The van der Waals surface area contributed by atoms with Crippen LogP contribution in [0.25, 0.3) is 0 Å². The number of phenols is 1. The van der Waals surface area contributed by atoms with Crippen molar-refractivity contribution in [2.45, 2.75) is 6.42 Å². The highest BCUT2D eigenvalue weighted by Gasteiger charge is 2.13. The lowest BCUT2D eigenvalue weighted by molar-refractivity contribution is -0.136. The summed E-state index contributed by atoms with van der Waals surface area (Å²) in [6.07, 6.45) is -0.158. The topological polar surface area (TPSA) is 70.0 Å². The van der Waals surface area contributed by atoms with E-state index in [0.29, 0.717) is 18.8 Å². The Morgan fingerprint density at radius 3 is 2.65 bits per heavy atom. The van der Waals surface area contributed by atoms with Gasteiger partial charge >= 0.3 is 5.97 Å². The molecule has 0 spiro atoms. The highest BCUT2D eigenvalue weighted by atomic mass is 16.5. The van der Waals surface area contributed by atoms with Crippen LogP contribution >= 0.6 is 0 Å². The summed E-state index contributed by atoms with van der Waals surface area (Å²) in [5.74, 6) is -0.907. The molecule has 1 heterocycles. The van der Waals surface area contributed by atoms with E-state index in [0.717, 1.165) is 18.8 Å². The van der Waals surface area contributed by atoms with Gasteiger partial charge in [0.05, 0.1) is 19.6 Å². The van der Waals surface area contributed by atoms with Gasteiger partial charge in [-0.25, -0.2) is 0 Å². The summed E-state index contributed by atoms with van der Waals surface area (Å²) in [4.78, 5) is 12.7. The first-order chi connectivity index (χ1) is 8.16. The van der Waals surface area contributed by atoms with Crippen molar-refractivity contribution in [2.24, 2.45) is 0 Å². The molecule has 1 aromatic rings. The fourth-order valence-corrected chi connectivity index (χ4v) is 1.88. The van der Waals surface area contributed by atoms with E-state index in [1.54, 1.807) is 12.1 Å². The molecule has 0 atom stereocenters. The van der Waals surface area contributed by atoms with E-state index in [9.17, 15) is 9.90 Å². The molecule has 0 radical (unpaired) electrons. The third-order valence-corrected chi connectivity index (χ3v) is 2.79. The van der Waals surface area contributed by atoms with Gasteiger partial charge < -0.3 is 19.8 Å². The van der Waals surface area contributed by atoms with E-state index < -0.39 is 5.97 Å². The number of phenolic OH excluding ortho intramolecular Hbond substituents is 1. The maximum atomic E-state index is 10.6. The van der Waals surface area contributed by atoms with Gasteiger partial charge in [-0.05, 0) is 6.07 Å². The molecule has 0 aromatic heterocycles. The largest absolute Gasteiger partial charge is 0.508 e. The minimum Gasteiger partial charge on any atom is -0.508 e. The van der Waals surface area contributed by atoms with E-state index in [2.05, 4.69) is 4.90 Å². The van der Waals surface area contributed by atoms with Crippen LogP contribution < -0.4 is 4.90 Å². The van der Waals surface area contributed by atoms with Crippen LogP contribution in [0.3, 0.4) is 0 Å². The van der Waals surface area contributed by atoms with Crippen LogP contribution in [0.15, 0.2) is 18.2 Å². The number of benzene rings is 1. The molecule has 0 amide bonds. The summed E-state index contributed by atoms with van der Waals surface area (Å²) in [7, 11) is 0. The zero-order valence-electron chi connectivity index (χ0n) is 9.43. The van der Waals surface area contributed by atoms with E-state index >= 15 is 0 Å². The first kappa shape index (κ1) is 11.7. The fourth-order valence-electron chi connectivity index (χ4n) is 1.88. The molecule has 2 N–H and O–H groups in total. The second-order valence-electron chi connectivity index (χ2n) is 3.98. The van der Waals surface area contributed by atoms with Crippen LogP contribution in [-0.2, 0) is 16.0 Å². The van der Waals surface area contributed by atoms with Gasteiger partial charge in [-0.2, -0.15) is 0 Å². The predicted molar refractivity (Wildman–Crippen MR) is 62.5 cm³/mol. The molecule has 0 bridgehead atoms. The van der Waals surface area contributed by atoms with Crippen LogP contribution in [0.1, 0.15) is 5.56 Å². The quantitative estimate of drug-likeness (QED) is 0.815. The molecule has 92 valence electrons. The maximum absolute atomic E-state index is 10.6. The number of nitrogens with zero attached hydrogens (tertiary/aromatic N) is 1. The molecular weight excluding hydrogens is 222 g/mol. The highest BCUT2D eigenvalue weighted by Crippen LogP contribution is 2.25. The Hall–Kier alpha value is -1.75. The van der Waals surface area contributed by atoms with Crippen molar-refractivity contribution in [3.05, 3.63) is 23.8 Å². The molecule has 1 aromatic carbocycles. The van der Waals surface area contributed by atoms with Gasteiger partial charge in [-0.1, -0.05) is 6.07 Å². The number of rotatable bonds is 3. The average molecular weight is 237 g/mol. The Kier molecular flexibility index (Phi) is 3.49. The van der Waals surface area contributed by atoms with Crippen LogP contribution in [-0.4, -0.2) is 42.5 Å². The van der Waals surface area contributed by atoms with Crippen LogP contribution in [0.5, 0.6) is 5.75 Å². The Morgan fingerprint density at radius 1 is 1.35 bits per heavy atom. The zero-order chi connectivity index (χ0) is 12.3. The molecule has 5 nitrogen and oxygen atoms in total. The van der Waals surface area contributed by atoms with Crippen LogP contribution in [0.2, 0.25) is 0 Å². The monoisotopic (exact) mass is 237 g/mol. The number of hydrogen-bond acceptors (Lipinski definition) is 4. The fraction of sp³-hybridized carbons (Fsp3) is 0.417. The standard InChI is InChI=1S/C12H15NO4/c14-11-8-10(13-3-5-17-6-4-13)2-1-9(11)7-12(15)16/h1-2,8,14H,3-7H2,(H,15,16). The van der Waals surface area contributed by atoms with Crippen LogP contribution in [0.4, 0.5) is 5.69 Å². The molecule has 0 saturated carbocycles.